The first-order valence-electron chi connectivity index (χ1n) is 6.36. The summed E-state index contributed by atoms with van der Waals surface area (Å²) < 4.78 is 0. The highest BCUT2D eigenvalue weighted by molar-refractivity contribution is 5.76. The number of aliphatic carboxylic acids is 1. The number of benzene rings is 1. The predicted molar refractivity (Wildman–Crippen MR) is 76.2 cm³/mol. The van der Waals surface area contributed by atoms with E-state index in [1.165, 1.54) is 18.3 Å². The first kappa shape index (κ1) is 14.6. The molecule has 1 unspecified atom stereocenters. The number of nitro groups is 1. The Morgan fingerprint density at radius 3 is 2.76 bits per heavy atom. The number of carbonyl (C=O) groups is 1. The second-order valence-corrected chi connectivity index (χ2v) is 4.78. The Kier molecular flexibility index (Phi) is 4.27. The number of nitrogens with zero attached hydrogens (tertiary/aromatic N) is 2. The van der Waals surface area contributed by atoms with Crippen molar-refractivity contribution < 1.29 is 14.8 Å². The molecular formula is C15H14N2O4. The van der Waals surface area contributed by atoms with E-state index in [0.29, 0.717) is 0 Å². The van der Waals surface area contributed by atoms with Crippen LogP contribution in [0, 0.1) is 17.0 Å². The van der Waals surface area contributed by atoms with Crippen LogP contribution in [-0.2, 0) is 11.2 Å². The van der Waals surface area contributed by atoms with Crippen LogP contribution in [0.25, 0.3) is 0 Å². The minimum atomic E-state index is -1.05. The summed E-state index contributed by atoms with van der Waals surface area (Å²) in [6, 6.07) is 9.96. The van der Waals surface area contributed by atoms with Crippen molar-refractivity contribution in [3.8, 4) is 0 Å². The van der Waals surface area contributed by atoms with Crippen molar-refractivity contribution in [1.29, 1.82) is 0 Å². The molecule has 0 aliphatic carbocycles. The Labute approximate surface area is 121 Å². The SMILES string of the molecule is Cc1cccc(CC(C(=O)O)c2cc([N+](=O)[O-])ccn2)c1. The highest BCUT2D eigenvalue weighted by Gasteiger charge is 2.23. The lowest BCUT2D eigenvalue weighted by Gasteiger charge is -2.12. The zero-order valence-corrected chi connectivity index (χ0v) is 11.4. The molecular weight excluding hydrogens is 272 g/mol. The Bertz CT molecular complexity index is 685. The van der Waals surface area contributed by atoms with E-state index >= 15 is 0 Å². The summed E-state index contributed by atoms with van der Waals surface area (Å²) in [6.07, 6.45) is 1.50. The summed E-state index contributed by atoms with van der Waals surface area (Å²) in [6.45, 7) is 1.92. The Morgan fingerprint density at radius 1 is 1.38 bits per heavy atom. The number of rotatable bonds is 5. The van der Waals surface area contributed by atoms with Gasteiger partial charge in [-0.2, -0.15) is 0 Å². The second-order valence-electron chi connectivity index (χ2n) is 4.78. The van der Waals surface area contributed by atoms with Crippen molar-refractivity contribution in [1.82, 2.24) is 4.98 Å². The molecule has 2 aromatic rings. The maximum absolute atomic E-state index is 11.5. The van der Waals surface area contributed by atoms with E-state index in [4.69, 9.17) is 0 Å². The van der Waals surface area contributed by atoms with Gasteiger partial charge in [0.05, 0.1) is 10.6 Å². The lowest BCUT2D eigenvalue weighted by atomic mass is 9.95. The van der Waals surface area contributed by atoms with Crippen molar-refractivity contribution in [2.24, 2.45) is 0 Å². The molecule has 2 rings (SSSR count). The molecule has 21 heavy (non-hydrogen) atoms. The molecule has 0 aliphatic heterocycles. The van der Waals surface area contributed by atoms with Crippen LogP contribution in [0.4, 0.5) is 5.69 Å². The molecule has 108 valence electrons. The fourth-order valence-corrected chi connectivity index (χ4v) is 2.13. The molecule has 6 heteroatoms. The number of pyridine rings is 1. The summed E-state index contributed by atoms with van der Waals surface area (Å²) in [5.41, 5.74) is 1.92. The van der Waals surface area contributed by atoms with E-state index in [1.54, 1.807) is 0 Å². The summed E-state index contributed by atoms with van der Waals surface area (Å²) in [7, 11) is 0. The van der Waals surface area contributed by atoms with Gasteiger partial charge < -0.3 is 5.11 Å². The van der Waals surface area contributed by atoms with Crippen LogP contribution in [-0.4, -0.2) is 21.0 Å². The molecule has 0 fully saturated rings. The predicted octanol–water partition coefficient (Wildman–Crippen LogP) is 2.71. The van der Waals surface area contributed by atoms with E-state index in [0.717, 1.165) is 11.1 Å². The molecule has 1 aromatic carbocycles. The molecule has 0 aliphatic rings. The van der Waals surface area contributed by atoms with Crippen molar-refractivity contribution >= 4 is 11.7 Å². The van der Waals surface area contributed by atoms with Gasteiger partial charge in [-0.1, -0.05) is 29.8 Å². The molecule has 6 nitrogen and oxygen atoms in total. The Balaban J connectivity index is 2.33. The highest BCUT2D eigenvalue weighted by atomic mass is 16.6. The minimum absolute atomic E-state index is 0.157. The van der Waals surface area contributed by atoms with E-state index in [9.17, 15) is 20.0 Å². The third-order valence-electron chi connectivity index (χ3n) is 3.15. The molecule has 0 amide bonds. The molecule has 0 saturated carbocycles. The smallest absolute Gasteiger partial charge is 0.312 e. The maximum Gasteiger partial charge on any atom is 0.312 e. The molecule has 1 atom stereocenters. The fraction of sp³-hybridized carbons (Fsp3) is 0.200. The summed E-state index contributed by atoms with van der Waals surface area (Å²) in [4.78, 5) is 25.7. The largest absolute Gasteiger partial charge is 0.481 e. The van der Waals surface area contributed by atoms with Gasteiger partial charge in [0, 0.05) is 18.3 Å². The number of carboxylic acids is 1. The average molecular weight is 286 g/mol. The Hall–Kier alpha value is -2.76. The standard InChI is InChI=1S/C15H14N2O4/c1-10-3-2-4-11(7-10)8-13(15(18)19)14-9-12(17(20)21)5-6-16-14/h2-7,9,13H,8H2,1H3,(H,18,19). The molecule has 1 N–H and O–H groups in total. The van der Waals surface area contributed by atoms with Gasteiger partial charge in [-0.15, -0.1) is 0 Å². The maximum atomic E-state index is 11.5. The third kappa shape index (κ3) is 3.62. The summed E-state index contributed by atoms with van der Waals surface area (Å²) >= 11 is 0. The second kappa shape index (κ2) is 6.13. The van der Waals surface area contributed by atoms with Gasteiger partial charge in [0.15, 0.2) is 0 Å². The van der Waals surface area contributed by atoms with Gasteiger partial charge in [-0.25, -0.2) is 0 Å². The van der Waals surface area contributed by atoms with Crippen LogP contribution in [0.5, 0.6) is 0 Å². The van der Waals surface area contributed by atoms with Crippen LogP contribution in [0.15, 0.2) is 42.6 Å². The van der Waals surface area contributed by atoms with Gasteiger partial charge in [0.25, 0.3) is 5.69 Å². The first-order valence-corrected chi connectivity index (χ1v) is 6.36. The lowest BCUT2D eigenvalue weighted by Crippen LogP contribution is -2.16. The van der Waals surface area contributed by atoms with Gasteiger partial charge in [0.1, 0.15) is 5.92 Å². The molecule has 0 bridgehead atoms. The van der Waals surface area contributed by atoms with Crippen LogP contribution < -0.4 is 0 Å². The third-order valence-corrected chi connectivity index (χ3v) is 3.15. The van der Waals surface area contributed by atoms with Crippen molar-refractivity contribution in [2.45, 2.75) is 19.3 Å². The minimum Gasteiger partial charge on any atom is -0.481 e. The van der Waals surface area contributed by atoms with Gasteiger partial charge in [-0.05, 0) is 18.9 Å². The monoisotopic (exact) mass is 286 g/mol. The van der Waals surface area contributed by atoms with Crippen LogP contribution in [0.2, 0.25) is 0 Å². The van der Waals surface area contributed by atoms with E-state index in [2.05, 4.69) is 4.98 Å². The van der Waals surface area contributed by atoms with Crippen molar-refractivity contribution in [3.63, 3.8) is 0 Å². The van der Waals surface area contributed by atoms with Gasteiger partial charge in [0.2, 0.25) is 0 Å². The number of hydrogen-bond acceptors (Lipinski definition) is 4. The highest BCUT2D eigenvalue weighted by Crippen LogP contribution is 2.23. The fourth-order valence-electron chi connectivity index (χ4n) is 2.13. The zero-order chi connectivity index (χ0) is 15.4. The molecule has 0 spiro atoms. The van der Waals surface area contributed by atoms with Gasteiger partial charge >= 0.3 is 5.97 Å². The number of carboxylic acid groups (broad SMARTS) is 1. The Morgan fingerprint density at radius 2 is 2.14 bits per heavy atom. The van der Waals surface area contributed by atoms with Crippen molar-refractivity contribution in [2.75, 3.05) is 0 Å². The summed E-state index contributed by atoms with van der Waals surface area (Å²) in [5.74, 6) is -1.96. The van der Waals surface area contributed by atoms with Crippen LogP contribution in [0.1, 0.15) is 22.7 Å². The van der Waals surface area contributed by atoms with E-state index < -0.39 is 16.8 Å². The van der Waals surface area contributed by atoms with E-state index in [-0.39, 0.29) is 17.8 Å². The molecule has 0 radical (unpaired) electrons. The lowest BCUT2D eigenvalue weighted by molar-refractivity contribution is -0.385. The molecule has 0 saturated heterocycles. The first-order chi connectivity index (χ1) is 9.97. The van der Waals surface area contributed by atoms with Crippen LogP contribution >= 0.6 is 0 Å². The zero-order valence-electron chi connectivity index (χ0n) is 11.4. The topological polar surface area (TPSA) is 93.3 Å². The number of aryl methyl sites for hydroxylation is 1. The molecule has 1 aromatic heterocycles. The normalized spacial score (nSPS) is 11.9. The van der Waals surface area contributed by atoms with E-state index in [1.807, 2.05) is 31.2 Å². The van der Waals surface area contributed by atoms with Crippen LogP contribution in [0.3, 0.4) is 0 Å². The van der Waals surface area contributed by atoms with Crippen molar-refractivity contribution in [3.05, 3.63) is 69.5 Å². The summed E-state index contributed by atoms with van der Waals surface area (Å²) in [5, 5.41) is 20.2. The van der Waals surface area contributed by atoms with Gasteiger partial charge in [-0.3, -0.25) is 19.9 Å². The number of hydrogen-bond donors (Lipinski definition) is 1. The molecule has 1 heterocycles. The average Bonchev–Trinajstić information content (AvgIpc) is 2.44. The quantitative estimate of drug-likeness (QED) is 0.673. The number of aromatic nitrogens is 1.